The van der Waals surface area contributed by atoms with Crippen molar-refractivity contribution in [2.24, 2.45) is 17.8 Å². The fraction of sp³-hybridized carbons (Fsp3) is 0.867. The number of ether oxygens (including phenoxy) is 3. The van der Waals surface area contributed by atoms with Crippen LogP contribution in [-0.2, 0) is 23.8 Å². The molecule has 0 aromatic carbocycles. The molecule has 0 amide bonds. The van der Waals surface area contributed by atoms with Crippen LogP contribution in [0.5, 0.6) is 0 Å². The number of hydrogen-bond donors (Lipinski definition) is 1. The zero-order valence-electron chi connectivity index (χ0n) is 13.6. The first-order valence-electron chi connectivity index (χ1n) is 7.33. The van der Waals surface area contributed by atoms with Gasteiger partial charge in [-0.15, -0.1) is 0 Å². The summed E-state index contributed by atoms with van der Waals surface area (Å²) in [5.41, 5.74) is 0. The van der Waals surface area contributed by atoms with E-state index in [1.54, 1.807) is 27.7 Å². The molecule has 0 aromatic heterocycles. The van der Waals surface area contributed by atoms with E-state index in [1.165, 1.54) is 0 Å². The zero-order chi connectivity index (χ0) is 16.4. The summed E-state index contributed by atoms with van der Waals surface area (Å²) >= 11 is 0. The molecule has 6 nitrogen and oxygen atoms in total. The van der Waals surface area contributed by atoms with E-state index in [9.17, 15) is 14.7 Å². The molecule has 0 fully saturated rings. The molecule has 0 saturated heterocycles. The average molecular weight is 304 g/mol. The van der Waals surface area contributed by atoms with Crippen molar-refractivity contribution in [3.63, 3.8) is 0 Å². The monoisotopic (exact) mass is 304 g/mol. The van der Waals surface area contributed by atoms with Crippen LogP contribution in [0.3, 0.4) is 0 Å². The van der Waals surface area contributed by atoms with Gasteiger partial charge >= 0.3 is 11.9 Å². The molecule has 0 spiro atoms. The van der Waals surface area contributed by atoms with Crippen LogP contribution in [0.2, 0.25) is 0 Å². The first-order chi connectivity index (χ1) is 9.73. The number of hydrogen-bond acceptors (Lipinski definition) is 6. The Morgan fingerprint density at radius 1 is 0.810 bits per heavy atom. The Morgan fingerprint density at radius 3 is 1.76 bits per heavy atom. The highest BCUT2D eigenvalue weighted by Crippen LogP contribution is 2.03. The Hall–Kier alpha value is -1.14. The predicted octanol–water partition coefficient (Wildman–Crippen LogP) is 1.40. The molecule has 0 bridgehead atoms. The molecule has 6 heteroatoms. The lowest BCUT2D eigenvalue weighted by molar-refractivity contribution is -0.151. The van der Waals surface area contributed by atoms with Crippen LogP contribution in [-0.4, -0.2) is 49.6 Å². The van der Waals surface area contributed by atoms with E-state index in [2.05, 4.69) is 0 Å². The van der Waals surface area contributed by atoms with Crippen molar-refractivity contribution >= 4 is 11.9 Å². The topological polar surface area (TPSA) is 82.1 Å². The molecule has 0 heterocycles. The zero-order valence-corrected chi connectivity index (χ0v) is 13.6. The first kappa shape index (κ1) is 19.9. The Morgan fingerprint density at radius 2 is 1.29 bits per heavy atom. The summed E-state index contributed by atoms with van der Waals surface area (Å²) in [6.45, 7) is 9.55. The van der Waals surface area contributed by atoms with Gasteiger partial charge in [0.05, 0.1) is 31.7 Å². The maximum Gasteiger partial charge on any atom is 0.308 e. The fourth-order valence-corrected chi connectivity index (χ4v) is 1.24. The number of carbonyl (C=O) groups excluding carboxylic acids is 2. The highest BCUT2D eigenvalue weighted by atomic mass is 16.6. The van der Waals surface area contributed by atoms with Gasteiger partial charge in [0, 0.05) is 5.92 Å². The second kappa shape index (κ2) is 10.6. The van der Waals surface area contributed by atoms with Crippen molar-refractivity contribution in [1.29, 1.82) is 0 Å². The molecule has 21 heavy (non-hydrogen) atoms. The third kappa shape index (κ3) is 10.3. The summed E-state index contributed by atoms with van der Waals surface area (Å²) < 4.78 is 15.3. The van der Waals surface area contributed by atoms with E-state index in [-0.39, 0.29) is 49.5 Å². The van der Waals surface area contributed by atoms with Gasteiger partial charge in [0.25, 0.3) is 0 Å². The number of esters is 2. The Kier molecular flexibility index (Phi) is 9.99. The van der Waals surface area contributed by atoms with E-state index >= 15 is 0 Å². The molecular formula is C15H28O6. The average Bonchev–Trinajstić information content (AvgIpc) is 2.41. The van der Waals surface area contributed by atoms with Gasteiger partial charge in [-0.1, -0.05) is 34.6 Å². The number of aliphatic hydroxyl groups excluding tert-OH is 1. The van der Waals surface area contributed by atoms with Crippen LogP contribution in [0.25, 0.3) is 0 Å². The van der Waals surface area contributed by atoms with Crippen molar-refractivity contribution in [3.8, 4) is 0 Å². The SMILES string of the molecule is CC(COCC(O)COC(=O)C(C)C)COC(=O)C(C)C. The van der Waals surface area contributed by atoms with E-state index < -0.39 is 6.10 Å². The fourth-order valence-electron chi connectivity index (χ4n) is 1.24. The van der Waals surface area contributed by atoms with Crippen LogP contribution >= 0.6 is 0 Å². The smallest absolute Gasteiger partial charge is 0.308 e. The van der Waals surface area contributed by atoms with Gasteiger partial charge < -0.3 is 19.3 Å². The minimum absolute atomic E-state index is 0.0399. The summed E-state index contributed by atoms with van der Waals surface area (Å²) in [5.74, 6) is -0.895. The molecule has 0 aliphatic rings. The number of aliphatic hydroxyl groups is 1. The number of carbonyl (C=O) groups is 2. The maximum absolute atomic E-state index is 11.3. The van der Waals surface area contributed by atoms with Gasteiger partial charge in [0.1, 0.15) is 12.7 Å². The maximum atomic E-state index is 11.3. The first-order valence-corrected chi connectivity index (χ1v) is 7.33. The Labute approximate surface area is 126 Å². The van der Waals surface area contributed by atoms with Crippen molar-refractivity contribution < 1.29 is 28.9 Å². The Balaban J connectivity index is 3.68. The lowest BCUT2D eigenvalue weighted by Crippen LogP contribution is -2.27. The highest BCUT2D eigenvalue weighted by molar-refractivity contribution is 5.71. The van der Waals surface area contributed by atoms with Crippen LogP contribution in [0.1, 0.15) is 34.6 Å². The largest absolute Gasteiger partial charge is 0.465 e. The van der Waals surface area contributed by atoms with Crippen molar-refractivity contribution in [2.75, 3.05) is 26.4 Å². The summed E-state index contributed by atoms with van der Waals surface area (Å²) in [5, 5.41) is 9.60. The standard InChI is InChI=1S/C15H28O6/c1-10(2)14(17)20-7-12(5)6-19-8-13(16)9-21-15(18)11(3)4/h10-13,16H,6-9H2,1-5H3. The summed E-state index contributed by atoms with van der Waals surface area (Å²) in [4.78, 5) is 22.5. The minimum atomic E-state index is -0.849. The van der Waals surface area contributed by atoms with Gasteiger partial charge in [-0.05, 0) is 0 Å². The van der Waals surface area contributed by atoms with Gasteiger partial charge in [-0.2, -0.15) is 0 Å². The summed E-state index contributed by atoms with van der Waals surface area (Å²) in [6, 6.07) is 0. The third-order valence-electron chi connectivity index (χ3n) is 2.58. The molecule has 2 unspecified atom stereocenters. The molecule has 2 atom stereocenters. The van der Waals surface area contributed by atoms with E-state index in [1.807, 2.05) is 6.92 Å². The molecule has 0 aromatic rings. The van der Waals surface area contributed by atoms with E-state index in [4.69, 9.17) is 14.2 Å². The molecule has 1 N–H and O–H groups in total. The lowest BCUT2D eigenvalue weighted by atomic mass is 10.2. The van der Waals surface area contributed by atoms with E-state index in [0.717, 1.165) is 0 Å². The van der Waals surface area contributed by atoms with Crippen LogP contribution in [0.4, 0.5) is 0 Å². The summed E-state index contributed by atoms with van der Waals surface area (Å²) in [7, 11) is 0. The lowest BCUT2D eigenvalue weighted by Gasteiger charge is -2.16. The van der Waals surface area contributed by atoms with E-state index in [0.29, 0.717) is 6.61 Å². The summed E-state index contributed by atoms with van der Waals surface area (Å²) in [6.07, 6.45) is -0.849. The second-order valence-corrected chi connectivity index (χ2v) is 5.87. The molecule has 124 valence electrons. The van der Waals surface area contributed by atoms with Gasteiger partial charge in [0.2, 0.25) is 0 Å². The third-order valence-corrected chi connectivity index (χ3v) is 2.58. The second-order valence-electron chi connectivity index (χ2n) is 5.87. The molecule has 0 rings (SSSR count). The quantitative estimate of drug-likeness (QED) is 0.614. The molecule has 0 aliphatic heterocycles. The van der Waals surface area contributed by atoms with Crippen LogP contribution in [0, 0.1) is 17.8 Å². The van der Waals surface area contributed by atoms with Crippen molar-refractivity contribution in [3.05, 3.63) is 0 Å². The molecule has 0 saturated carbocycles. The number of rotatable bonds is 10. The van der Waals surface area contributed by atoms with Gasteiger partial charge in [-0.25, -0.2) is 0 Å². The van der Waals surface area contributed by atoms with Crippen molar-refractivity contribution in [2.45, 2.75) is 40.7 Å². The van der Waals surface area contributed by atoms with Gasteiger partial charge in [0.15, 0.2) is 0 Å². The molecule has 0 radical (unpaired) electrons. The molecular weight excluding hydrogens is 276 g/mol. The van der Waals surface area contributed by atoms with Crippen molar-refractivity contribution in [1.82, 2.24) is 0 Å². The molecule has 0 aliphatic carbocycles. The van der Waals surface area contributed by atoms with Crippen LogP contribution in [0.15, 0.2) is 0 Å². The van der Waals surface area contributed by atoms with Crippen LogP contribution < -0.4 is 0 Å². The Bertz CT molecular complexity index is 283. The predicted molar refractivity (Wildman–Crippen MR) is 77.6 cm³/mol. The minimum Gasteiger partial charge on any atom is -0.465 e. The highest BCUT2D eigenvalue weighted by Gasteiger charge is 2.14. The normalized spacial score (nSPS) is 14.1. The van der Waals surface area contributed by atoms with Gasteiger partial charge in [-0.3, -0.25) is 9.59 Å².